The smallest absolute Gasteiger partial charge is 0.224 e. The molecule has 4 nitrogen and oxygen atoms in total. The van der Waals surface area contributed by atoms with Crippen LogP contribution >= 0.6 is 17.0 Å². The maximum absolute atomic E-state index is 13.1. The Hall–Kier alpha value is -1.33. The molecule has 5 heteroatoms. The highest BCUT2D eigenvalue weighted by atomic mass is 79.9. The van der Waals surface area contributed by atoms with Crippen LogP contribution in [0.15, 0.2) is 24.4 Å². The highest BCUT2D eigenvalue weighted by molar-refractivity contribution is 8.93. The summed E-state index contributed by atoms with van der Waals surface area (Å²) in [5.41, 5.74) is 4.34. The van der Waals surface area contributed by atoms with Crippen LogP contribution in [0.25, 0.3) is 10.9 Å². The summed E-state index contributed by atoms with van der Waals surface area (Å²) in [6.07, 6.45) is 9.34. The molecule has 1 aliphatic heterocycles. The molecule has 164 valence electrons. The Bertz CT molecular complexity index is 914. The number of likely N-dealkylation sites (N-methyl/N-ethyl adjacent to an activating group) is 1. The Morgan fingerprint density at radius 2 is 2.00 bits per heavy atom. The number of likely N-dealkylation sites (tertiary alicyclic amines) is 1. The van der Waals surface area contributed by atoms with Crippen LogP contribution in [0.1, 0.15) is 76.0 Å². The van der Waals surface area contributed by atoms with E-state index < -0.39 is 0 Å². The van der Waals surface area contributed by atoms with Crippen LogP contribution in [0.2, 0.25) is 0 Å². The van der Waals surface area contributed by atoms with E-state index in [-0.39, 0.29) is 22.9 Å². The third-order valence-corrected chi connectivity index (χ3v) is 7.76. The average molecular weight is 474 g/mol. The summed E-state index contributed by atoms with van der Waals surface area (Å²) in [6, 6.07) is 8.23. The van der Waals surface area contributed by atoms with Gasteiger partial charge in [-0.2, -0.15) is 0 Å². The predicted molar refractivity (Wildman–Crippen MR) is 129 cm³/mol. The molecule has 0 bridgehead atoms. The first-order valence-corrected chi connectivity index (χ1v) is 11.7. The minimum Gasteiger partial charge on any atom is -0.353 e. The monoisotopic (exact) mass is 473 g/mol. The predicted octanol–water partition coefficient (Wildman–Crippen LogP) is 5.21. The van der Waals surface area contributed by atoms with Crippen LogP contribution < -0.4 is 5.32 Å². The lowest BCUT2D eigenvalue weighted by atomic mass is 9.72. The zero-order valence-electron chi connectivity index (χ0n) is 18.6. The van der Waals surface area contributed by atoms with E-state index in [1.54, 1.807) is 0 Å². The number of amides is 1. The SMILES string of the molecule is Br.CCN1C[C@H](C(=O)NC2CCCC2)C[C@@H]2c3cccc4c3c(cn4C(C)C)C[C@H]21. The van der Waals surface area contributed by atoms with Crippen molar-refractivity contribution in [3.63, 3.8) is 0 Å². The number of fused-ring (bicyclic) bond motifs is 2. The molecule has 0 radical (unpaired) electrons. The van der Waals surface area contributed by atoms with Crippen molar-refractivity contribution in [3.05, 3.63) is 35.5 Å². The van der Waals surface area contributed by atoms with Gasteiger partial charge in [0.1, 0.15) is 0 Å². The summed E-state index contributed by atoms with van der Waals surface area (Å²) < 4.78 is 2.44. The minimum absolute atomic E-state index is 0. The second-order valence-electron chi connectivity index (χ2n) is 9.78. The molecular formula is C25H36BrN3O. The second-order valence-corrected chi connectivity index (χ2v) is 9.78. The number of piperidine rings is 1. The Kier molecular flexibility index (Phi) is 6.32. The molecule has 2 aromatic rings. The number of carbonyl (C=O) groups excluding carboxylic acids is 1. The van der Waals surface area contributed by atoms with Crippen molar-refractivity contribution in [1.29, 1.82) is 0 Å². The standard InChI is InChI=1S/C25H35N3O.BrH/c1-4-27-14-18(25(29)26-19-8-5-6-9-19)12-21-20-10-7-11-22-24(20)17(13-23(21)27)15-28(22)16(2)3;/h7,10-11,15-16,18-19,21,23H,4-6,8-9,12-14H2,1-3H3,(H,26,29);1H/t18-,21-,23-;/m1./s1. The molecule has 1 saturated heterocycles. The largest absolute Gasteiger partial charge is 0.353 e. The van der Waals surface area contributed by atoms with Gasteiger partial charge >= 0.3 is 0 Å². The molecule has 3 aliphatic rings. The molecule has 1 amide bonds. The van der Waals surface area contributed by atoms with Crippen LogP contribution in [0, 0.1) is 5.92 Å². The lowest BCUT2D eigenvalue weighted by molar-refractivity contribution is -0.128. The first-order chi connectivity index (χ1) is 14.1. The molecule has 30 heavy (non-hydrogen) atoms. The molecule has 1 aromatic heterocycles. The van der Waals surface area contributed by atoms with Crippen LogP contribution in [-0.4, -0.2) is 40.5 Å². The number of rotatable bonds is 4. The molecule has 1 saturated carbocycles. The van der Waals surface area contributed by atoms with E-state index >= 15 is 0 Å². The Morgan fingerprint density at radius 3 is 2.70 bits per heavy atom. The second kappa shape index (κ2) is 8.66. The van der Waals surface area contributed by atoms with Crippen LogP contribution in [0.4, 0.5) is 0 Å². The van der Waals surface area contributed by atoms with E-state index in [0.29, 0.717) is 30.0 Å². The molecular weight excluding hydrogens is 438 g/mol. The first-order valence-electron chi connectivity index (χ1n) is 11.7. The molecule has 1 aromatic carbocycles. The van der Waals surface area contributed by atoms with E-state index in [1.165, 1.54) is 34.9 Å². The van der Waals surface area contributed by atoms with Gasteiger partial charge in [0.15, 0.2) is 0 Å². The first kappa shape index (κ1) is 21.9. The fourth-order valence-electron chi connectivity index (χ4n) is 6.30. The van der Waals surface area contributed by atoms with Crippen molar-refractivity contribution in [3.8, 4) is 0 Å². The zero-order chi connectivity index (χ0) is 20.1. The molecule has 0 unspecified atom stereocenters. The maximum atomic E-state index is 13.1. The van der Waals surface area contributed by atoms with Gasteiger partial charge in [-0.25, -0.2) is 0 Å². The number of nitrogens with zero attached hydrogens (tertiary/aromatic N) is 2. The van der Waals surface area contributed by atoms with Crippen LogP contribution in [0.5, 0.6) is 0 Å². The Balaban J connectivity index is 0.00000218. The van der Waals surface area contributed by atoms with E-state index in [0.717, 1.165) is 38.8 Å². The summed E-state index contributed by atoms with van der Waals surface area (Å²) in [6.45, 7) is 8.71. The summed E-state index contributed by atoms with van der Waals surface area (Å²) in [7, 11) is 0. The van der Waals surface area contributed by atoms with Gasteiger partial charge in [-0.3, -0.25) is 9.69 Å². The van der Waals surface area contributed by atoms with E-state index in [9.17, 15) is 4.79 Å². The number of benzene rings is 1. The summed E-state index contributed by atoms with van der Waals surface area (Å²) in [5.74, 6) is 0.870. The van der Waals surface area contributed by atoms with Gasteiger partial charge in [-0.1, -0.05) is 31.9 Å². The zero-order valence-corrected chi connectivity index (χ0v) is 20.3. The van der Waals surface area contributed by atoms with E-state index in [4.69, 9.17) is 0 Å². The Labute approximate surface area is 191 Å². The fraction of sp³-hybridized carbons (Fsp3) is 0.640. The highest BCUT2D eigenvalue weighted by Gasteiger charge is 2.42. The van der Waals surface area contributed by atoms with Crippen LogP contribution in [-0.2, 0) is 11.2 Å². The van der Waals surface area contributed by atoms with Crippen LogP contribution in [0.3, 0.4) is 0 Å². The lowest BCUT2D eigenvalue weighted by Crippen LogP contribution is -2.53. The van der Waals surface area contributed by atoms with Crippen molar-refractivity contribution in [2.24, 2.45) is 5.92 Å². The number of halogens is 1. The number of nitrogens with one attached hydrogen (secondary N) is 1. The molecule has 3 atom stereocenters. The third kappa shape index (κ3) is 3.62. The Morgan fingerprint density at radius 1 is 1.23 bits per heavy atom. The van der Waals surface area contributed by atoms with E-state index in [1.807, 2.05) is 0 Å². The average Bonchev–Trinajstić information content (AvgIpc) is 3.36. The van der Waals surface area contributed by atoms with Gasteiger partial charge in [0.05, 0.1) is 5.92 Å². The molecule has 2 heterocycles. The van der Waals surface area contributed by atoms with Gasteiger partial charge in [0.2, 0.25) is 5.91 Å². The van der Waals surface area contributed by atoms with Gasteiger partial charge in [-0.15, -0.1) is 17.0 Å². The number of carbonyl (C=O) groups is 1. The van der Waals surface area contributed by atoms with Crippen molar-refractivity contribution in [1.82, 2.24) is 14.8 Å². The highest BCUT2D eigenvalue weighted by Crippen LogP contribution is 2.45. The summed E-state index contributed by atoms with van der Waals surface area (Å²) in [5, 5.41) is 4.85. The minimum atomic E-state index is 0. The van der Waals surface area contributed by atoms with E-state index in [2.05, 4.69) is 60.0 Å². The molecule has 5 rings (SSSR count). The van der Waals surface area contributed by atoms with Gasteiger partial charge in [0.25, 0.3) is 0 Å². The summed E-state index contributed by atoms with van der Waals surface area (Å²) in [4.78, 5) is 15.7. The number of aromatic nitrogens is 1. The van der Waals surface area contributed by atoms with Gasteiger partial charge in [-0.05, 0) is 63.3 Å². The van der Waals surface area contributed by atoms with Gasteiger partial charge in [0, 0.05) is 47.7 Å². The van der Waals surface area contributed by atoms with Gasteiger partial charge < -0.3 is 9.88 Å². The maximum Gasteiger partial charge on any atom is 0.224 e. The fourth-order valence-corrected chi connectivity index (χ4v) is 6.30. The van der Waals surface area contributed by atoms with Crippen molar-refractivity contribution < 1.29 is 4.79 Å². The molecule has 2 fully saturated rings. The lowest BCUT2D eigenvalue weighted by Gasteiger charge is -2.46. The summed E-state index contributed by atoms with van der Waals surface area (Å²) >= 11 is 0. The molecule has 0 spiro atoms. The molecule has 2 aliphatic carbocycles. The normalized spacial score (nSPS) is 26.6. The molecule has 1 N–H and O–H groups in total. The third-order valence-electron chi connectivity index (χ3n) is 7.76. The van der Waals surface area contributed by atoms with Crippen molar-refractivity contribution in [2.45, 2.75) is 83.3 Å². The quantitative estimate of drug-likeness (QED) is 0.661. The number of hydrogen-bond donors (Lipinski definition) is 1. The van der Waals surface area contributed by atoms with Crippen molar-refractivity contribution >= 4 is 33.8 Å². The topological polar surface area (TPSA) is 37.3 Å². The number of hydrogen-bond acceptors (Lipinski definition) is 2. The van der Waals surface area contributed by atoms with Crippen molar-refractivity contribution in [2.75, 3.05) is 13.1 Å².